The van der Waals surface area contributed by atoms with E-state index in [0.717, 1.165) is 31.4 Å². The topological polar surface area (TPSA) is 24.9 Å². The first-order chi connectivity index (χ1) is 9.24. The van der Waals surface area contributed by atoms with Crippen molar-refractivity contribution in [1.29, 1.82) is 0 Å². The van der Waals surface area contributed by atoms with Crippen LogP contribution in [0.2, 0.25) is 5.15 Å². The van der Waals surface area contributed by atoms with Crippen molar-refractivity contribution in [2.45, 2.75) is 45.3 Å². The number of nitrogens with one attached hydrogen (secondary N) is 1. The van der Waals surface area contributed by atoms with Gasteiger partial charge >= 0.3 is 6.18 Å². The van der Waals surface area contributed by atoms with Crippen LogP contribution < -0.4 is 5.32 Å². The maximum Gasteiger partial charge on any atom is 0.416 e. The summed E-state index contributed by atoms with van der Waals surface area (Å²) >= 11 is 5.68. The van der Waals surface area contributed by atoms with Gasteiger partial charge in [0.1, 0.15) is 11.0 Å². The number of rotatable bonds is 2. The standard InChI is InChI=1S/C14H18ClF3N2/c1-8-3-9(2)5-11(4-8)19-13-7-10(14(16,17)18)6-12(15)20-13/h6-9,11H,3-5H2,1-2H3,(H,19,20). The predicted octanol–water partition coefficient (Wildman–Crippen LogP) is 4.99. The largest absolute Gasteiger partial charge is 0.416 e. The zero-order valence-corrected chi connectivity index (χ0v) is 12.2. The minimum absolute atomic E-state index is 0.140. The summed E-state index contributed by atoms with van der Waals surface area (Å²) in [6.45, 7) is 4.33. The first-order valence-corrected chi connectivity index (χ1v) is 7.13. The number of nitrogens with zero attached hydrogens (tertiary/aromatic N) is 1. The highest BCUT2D eigenvalue weighted by Gasteiger charge is 2.32. The molecule has 6 heteroatoms. The first-order valence-electron chi connectivity index (χ1n) is 6.75. The summed E-state index contributed by atoms with van der Waals surface area (Å²) in [7, 11) is 0. The number of hydrogen-bond acceptors (Lipinski definition) is 2. The molecule has 2 unspecified atom stereocenters. The van der Waals surface area contributed by atoms with Crippen molar-refractivity contribution in [2.75, 3.05) is 5.32 Å². The lowest BCUT2D eigenvalue weighted by atomic mass is 9.80. The highest BCUT2D eigenvalue weighted by atomic mass is 35.5. The van der Waals surface area contributed by atoms with Gasteiger partial charge in [0.2, 0.25) is 0 Å². The Kier molecular flexibility index (Phi) is 4.47. The van der Waals surface area contributed by atoms with E-state index in [-0.39, 0.29) is 17.0 Å². The minimum atomic E-state index is -4.41. The van der Waals surface area contributed by atoms with E-state index in [1.54, 1.807) is 0 Å². The molecule has 0 aromatic carbocycles. The Morgan fingerprint density at radius 2 is 1.75 bits per heavy atom. The molecule has 1 aromatic heterocycles. The number of anilines is 1. The minimum Gasteiger partial charge on any atom is -0.367 e. The lowest BCUT2D eigenvalue weighted by Crippen LogP contribution is -2.30. The number of halogens is 4. The zero-order chi connectivity index (χ0) is 14.9. The van der Waals surface area contributed by atoms with Crippen LogP contribution in [-0.2, 0) is 6.18 Å². The van der Waals surface area contributed by atoms with Gasteiger partial charge in [0.25, 0.3) is 0 Å². The van der Waals surface area contributed by atoms with Gasteiger partial charge in [-0.25, -0.2) is 4.98 Å². The molecule has 1 aromatic rings. The van der Waals surface area contributed by atoms with Crippen molar-refractivity contribution < 1.29 is 13.2 Å². The van der Waals surface area contributed by atoms with E-state index in [4.69, 9.17) is 11.6 Å². The molecule has 1 heterocycles. The Bertz CT molecular complexity index is 466. The van der Waals surface area contributed by atoms with E-state index < -0.39 is 11.7 Å². The monoisotopic (exact) mass is 306 g/mol. The third-order valence-corrected chi connectivity index (χ3v) is 3.85. The van der Waals surface area contributed by atoms with Gasteiger partial charge in [0.15, 0.2) is 0 Å². The second kappa shape index (κ2) is 5.80. The molecule has 112 valence electrons. The summed E-state index contributed by atoms with van der Waals surface area (Å²) in [5, 5.41) is 2.96. The molecule has 1 saturated carbocycles. The molecule has 0 saturated heterocycles. The Balaban J connectivity index is 2.15. The van der Waals surface area contributed by atoms with Crippen LogP contribution >= 0.6 is 11.6 Å². The summed E-state index contributed by atoms with van der Waals surface area (Å²) in [4.78, 5) is 3.95. The Hall–Kier alpha value is -0.970. The number of alkyl halides is 3. The van der Waals surface area contributed by atoms with Crippen molar-refractivity contribution in [3.8, 4) is 0 Å². The van der Waals surface area contributed by atoms with E-state index in [2.05, 4.69) is 24.1 Å². The van der Waals surface area contributed by atoms with Crippen LogP contribution in [0.3, 0.4) is 0 Å². The molecule has 0 radical (unpaired) electrons. The van der Waals surface area contributed by atoms with Crippen LogP contribution in [0.4, 0.5) is 19.0 Å². The Morgan fingerprint density at radius 3 is 2.30 bits per heavy atom. The van der Waals surface area contributed by atoms with Gasteiger partial charge in [0, 0.05) is 6.04 Å². The fourth-order valence-electron chi connectivity index (χ4n) is 3.01. The summed E-state index contributed by atoms with van der Waals surface area (Å²) in [5.41, 5.74) is -0.767. The average molecular weight is 307 g/mol. The Morgan fingerprint density at radius 1 is 1.15 bits per heavy atom. The second-order valence-electron chi connectivity index (χ2n) is 5.82. The molecule has 0 amide bonds. The number of hydrogen-bond donors (Lipinski definition) is 1. The molecule has 1 N–H and O–H groups in total. The Labute approximate surface area is 121 Å². The molecule has 2 atom stereocenters. The highest BCUT2D eigenvalue weighted by Crippen LogP contribution is 2.34. The summed E-state index contributed by atoms with van der Waals surface area (Å²) < 4.78 is 38.2. The lowest BCUT2D eigenvalue weighted by molar-refractivity contribution is -0.137. The molecule has 2 nitrogen and oxygen atoms in total. The van der Waals surface area contributed by atoms with Gasteiger partial charge in [-0.3, -0.25) is 0 Å². The molecular formula is C14H18ClF3N2. The molecule has 0 spiro atoms. The van der Waals surface area contributed by atoms with Gasteiger partial charge in [-0.15, -0.1) is 0 Å². The van der Waals surface area contributed by atoms with Gasteiger partial charge < -0.3 is 5.32 Å². The highest BCUT2D eigenvalue weighted by molar-refractivity contribution is 6.29. The molecule has 0 aliphatic heterocycles. The molecule has 2 rings (SSSR count). The third kappa shape index (κ3) is 4.01. The van der Waals surface area contributed by atoms with Gasteiger partial charge in [-0.1, -0.05) is 25.4 Å². The summed E-state index contributed by atoms with van der Waals surface area (Å²) in [6.07, 6.45) is -1.36. The normalized spacial score (nSPS) is 27.4. The second-order valence-corrected chi connectivity index (χ2v) is 6.21. The maximum absolute atomic E-state index is 12.7. The van der Waals surface area contributed by atoms with E-state index in [1.807, 2.05) is 0 Å². The average Bonchev–Trinajstić information content (AvgIpc) is 2.25. The molecule has 1 aliphatic carbocycles. The van der Waals surface area contributed by atoms with E-state index >= 15 is 0 Å². The zero-order valence-electron chi connectivity index (χ0n) is 11.5. The van der Waals surface area contributed by atoms with Gasteiger partial charge in [-0.05, 0) is 43.2 Å². The van der Waals surface area contributed by atoms with Crippen LogP contribution in [0.1, 0.15) is 38.7 Å². The SMILES string of the molecule is CC1CC(C)CC(Nc2cc(C(F)(F)F)cc(Cl)n2)C1. The quantitative estimate of drug-likeness (QED) is 0.779. The van der Waals surface area contributed by atoms with Crippen molar-refractivity contribution >= 4 is 17.4 Å². The smallest absolute Gasteiger partial charge is 0.367 e. The van der Waals surface area contributed by atoms with Gasteiger partial charge in [0.05, 0.1) is 5.56 Å². The fraction of sp³-hybridized carbons (Fsp3) is 0.643. The first kappa shape index (κ1) is 15.4. The van der Waals surface area contributed by atoms with Crippen molar-refractivity contribution in [1.82, 2.24) is 4.98 Å². The van der Waals surface area contributed by atoms with E-state index in [0.29, 0.717) is 11.8 Å². The van der Waals surface area contributed by atoms with Crippen molar-refractivity contribution in [3.63, 3.8) is 0 Å². The van der Waals surface area contributed by atoms with Crippen molar-refractivity contribution in [2.24, 2.45) is 11.8 Å². The van der Waals surface area contributed by atoms with E-state index in [9.17, 15) is 13.2 Å². The van der Waals surface area contributed by atoms with Crippen LogP contribution in [0.15, 0.2) is 12.1 Å². The molecule has 1 fully saturated rings. The predicted molar refractivity (Wildman–Crippen MR) is 73.8 cm³/mol. The number of pyridine rings is 1. The van der Waals surface area contributed by atoms with Crippen LogP contribution in [0.25, 0.3) is 0 Å². The molecule has 0 bridgehead atoms. The number of aromatic nitrogens is 1. The summed E-state index contributed by atoms with van der Waals surface area (Å²) in [6, 6.07) is 2.02. The molecular weight excluding hydrogens is 289 g/mol. The van der Waals surface area contributed by atoms with E-state index in [1.165, 1.54) is 0 Å². The van der Waals surface area contributed by atoms with Gasteiger partial charge in [-0.2, -0.15) is 13.2 Å². The molecule has 20 heavy (non-hydrogen) atoms. The van der Waals surface area contributed by atoms with Crippen LogP contribution in [0.5, 0.6) is 0 Å². The van der Waals surface area contributed by atoms with Crippen molar-refractivity contribution in [3.05, 3.63) is 22.8 Å². The fourth-order valence-corrected chi connectivity index (χ4v) is 3.22. The molecule has 1 aliphatic rings. The third-order valence-electron chi connectivity index (χ3n) is 3.65. The lowest BCUT2D eigenvalue weighted by Gasteiger charge is -2.32. The summed E-state index contributed by atoms with van der Waals surface area (Å²) in [5.74, 6) is 1.34. The van der Waals surface area contributed by atoms with Crippen LogP contribution in [-0.4, -0.2) is 11.0 Å². The maximum atomic E-state index is 12.7. The van der Waals surface area contributed by atoms with Crippen LogP contribution in [0, 0.1) is 11.8 Å².